The third kappa shape index (κ3) is 3.40. The number of hydrogen-bond acceptors (Lipinski definition) is 4. The fourth-order valence-corrected chi connectivity index (χ4v) is 3.34. The van der Waals surface area contributed by atoms with E-state index in [9.17, 15) is 5.11 Å². The fourth-order valence-electron chi connectivity index (χ4n) is 3.34. The number of nitrogens with one attached hydrogen (secondary N) is 1. The maximum absolute atomic E-state index is 9.78. The van der Waals surface area contributed by atoms with Crippen molar-refractivity contribution in [3.8, 4) is 0 Å². The van der Waals surface area contributed by atoms with Crippen LogP contribution in [-0.4, -0.2) is 51.3 Å². The van der Waals surface area contributed by atoms with E-state index >= 15 is 0 Å². The van der Waals surface area contributed by atoms with E-state index in [2.05, 4.69) is 33.7 Å². The summed E-state index contributed by atoms with van der Waals surface area (Å²) in [5.41, 5.74) is -0.0897. The molecule has 1 heterocycles. The van der Waals surface area contributed by atoms with Crippen molar-refractivity contribution < 1.29 is 5.11 Å². The van der Waals surface area contributed by atoms with Crippen LogP contribution in [0.5, 0.6) is 0 Å². The third-order valence-corrected chi connectivity index (χ3v) is 4.61. The molecule has 2 N–H and O–H groups in total. The molecule has 0 amide bonds. The highest BCUT2D eigenvalue weighted by molar-refractivity contribution is 4.97. The van der Waals surface area contributed by atoms with E-state index in [1.54, 1.807) is 0 Å². The maximum atomic E-state index is 9.78. The van der Waals surface area contributed by atoms with Gasteiger partial charge in [-0.15, -0.1) is 0 Å². The molecule has 0 spiro atoms. The molecule has 1 fully saturated rings. The first-order chi connectivity index (χ1) is 9.60. The van der Waals surface area contributed by atoms with E-state index < -0.39 is 0 Å². The predicted molar refractivity (Wildman–Crippen MR) is 80.4 cm³/mol. The maximum Gasteiger partial charge on any atom is 0.122 e. The zero-order valence-corrected chi connectivity index (χ0v) is 13.0. The largest absolute Gasteiger partial charge is 0.394 e. The van der Waals surface area contributed by atoms with Gasteiger partial charge in [-0.05, 0) is 39.3 Å². The number of rotatable bonds is 6. The smallest absolute Gasteiger partial charge is 0.122 e. The standard InChI is InChI=1S/C15H28N4O/c1-4-17-15(12-20)7-5-6-13(10-15)19(3)11-14-16-8-9-18(14)2/h8-9,13,17,20H,4-7,10-12H2,1-3H3. The molecular formula is C15H28N4O. The van der Waals surface area contributed by atoms with Gasteiger partial charge in [-0.2, -0.15) is 0 Å². The minimum Gasteiger partial charge on any atom is -0.394 e. The second kappa shape index (κ2) is 6.70. The number of aliphatic hydroxyl groups is 1. The van der Waals surface area contributed by atoms with E-state index in [4.69, 9.17) is 0 Å². The Morgan fingerprint density at radius 2 is 2.40 bits per heavy atom. The highest BCUT2D eigenvalue weighted by atomic mass is 16.3. The average molecular weight is 280 g/mol. The Morgan fingerprint density at radius 3 is 3.00 bits per heavy atom. The van der Waals surface area contributed by atoms with E-state index in [0.29, 0.717) is 6.04 Å². The Labute approximate surface area is 122 Å². The Balaban J connectivity index is 1.99. The molecule has 0 saturated heterocycles. The molecule has 5 nitrogen and oxygen atoms in total. The fraction of sp³-hybridized carbons (Fsp3) is 0.800. The third-order valence-electron chi connectivity index (χ3n) is 4.61. The molecule has 0 bridgehead atoms. The lowest BCUT2D eigenvalue weighted by Gasteiger charge is -2.43. The summed E-state index contributed by atoms with van der Waals surface area (Å²) in [6, 6.07) is 0.506. The van der Waals surface area contributed by atoms with Crippen LogP contribution >= 0.6 is 0 Å². The molecule has 1 aromatic rings. The molecule has 0 radical (unpaired) electrons. The number of imidazole rings is 1. The van der Waals surface area contributed by atoms with E-state index in [-0.39, 0.29) is 12.1 Å². The molecule has 1 aromatic heterocycles. The van der Waals surface area contributed by atoms with Crippen molar-refractivity contribution in [1.29, 1.82) is 0 Å². The summed E-state index contributed by atoms with van der Waals surface area (Å²) in [7, 11) is 4.20. The van der Waals surface area contributed by atoms with Gasteiger partial charge in [-0.3, -0.25) is 4.90 Å². The Morgan fingerprint density at radius 1 is 1.60 bits per heavy atom. The van der Waals surface area contributed by atoms with Gasteiger partial charge in [0.15, 0.2) is 0 Å². The topological polar surface area (TPSA) is 53.3 Å². The van der Waals surface area contributed by atoms with Gasteiger partial charge < -0.3 is 15.0 Å². The molecule has 0 aliphatic heterocycles. The molecule has 114 valence electrons. The van der Waals surface area contributed by atoms with Gasteiger partial charge in [-0.25, -0.2) is 4.98 Å². The minimum absolute atomic E-state index is 0.0897. The first-order valence-corrected chi connectivity index (χ1v) is 7.62. The number of aryl methyl sites for hydroxylation is 1. The first kappa shape index (κ1) is 15.5. The van der Waals surface area contributed by atoms with Crippen molar-refractivity contribution in [2.24, 2.45) is 7.05 Å². The van der Waals surface area contributed by atoms with E-state index in [1.165, 1.54) is 12.8 Å². The van der Waals surface area contributed by atoms with Gasteiger partial charge in [0, 0.05) is 31.0 Å². The van der Waals surface area contributed by atoms with Crippen LogP contribution in [0.3, 0.4) is 0 Å². The molecule has 2 unspecified atom stereocenters. The zero-order valence-electron chi connectivity index (χ0n) is 13.0. The highest BCUT2D eigenvalue weighted by Crippen LogP contribution is 2.31. The van der Waals surface area contributed by atoms with Crippen LogP contribution in [0.2, 0.25) is 0 Å². The number of aliphatic hydroxyl groups excluding tert-OH is 1. The van der Waals surface area contributed by atoms with Crippen molar-refractivity contribution in [1.82, 2.24) is 19.8 Å². The summed E-state index contributed by atoms with van der Waals surface area (Å²) in [5, 5.41) is 13.3. The molecule has 5 heteroatoms. The number of likely N-dealkylation sites (N-methyl/N-ethyl adjacent to an activating group) is 1. The molecule has 2 atom stereocenters. The molecule has 2 rings (SSSR count). The molecule has 1 aliphatic rings. The Bertz CT molecular complexity index is 416. The summed E-state index contributed by atoms with van der Waals surface area (Å²) in [6.07, 6.45) is 8.29. The predicted octanol–water partition coefficient (Wildman–Crippen LogP) is 1.14. The normalized spacial score (nSPS) is 27.1. The Hall–Kier alpha value is -0.910. The van der Waals surface area contributed by atoms with Crippen LogP contribution in [0.15, 0.2) is 12.4 Å². The van der Waals surface area contributed by atoms with Crippen LogP contribution in [0.1, 0.15) is 38.4 Å². The molecular weight excluding hydrogens is 252 g/mol. The molecule has 0 aromatic carbocycles. The van der Waals surface area contributed by atoms with Gasteiger partial charge in [0.05, 0.1) is 13.2 Å². The number of aromatic nitrogens is 2. The Kier molecular flexibility index (Phi) is 5.18. The van der Waals surface area contributed by atoms with Gasteiger partial charge >= 0.3 is 0 Å². The summed E-state index contributed by atoms with van der Waals surface area (Å²) in [4.78, 5) is 6.78. The molecule has 20 heavy (non-hydrogen) atoms. The van der Waals surface area contributed by atoms with Crippen molar-refractivity contribution in [2.45, 2.75) is 50.7 Å². The van der Waals surface area contributed by atoms with Crippen molar-refractivity contribution in [2.75, 3.05) is 20.2 Å². The molecule has 1 saturated carbocycles. The molecule has 1 aliphatic carbocycles. The lowest BCUT2D eigenvalue weighted by Crippen LogP contribution is -2.55. The van der Waals surface area contributed by atoms with Crippen molar-refractivity contribution in [3.05, 3.63) is 18.2 Å². The SMILES string of the molecule is CCNC1(CO)CCCC(N(C)Cc2nccn2C)C1. The van der Waals surface area contributed by atoms with Gasteiger partial charge in [0.2, 0.25) is 0 Å². The summed E-state index contributed by atoms with van der Waals surface area (Å²) >= 11 is 0. The van der Waals surface area contributed by atoms with Crippen LogP contribution in [0.4, 0.5) is 0 Å². The second-order valence-corrected chi connectivity index (χ2v) is 6.09. The summed E-state index contributed by atoms with van der Waals surface area (Å²) < 4.78 is 2.07. The van der Waals surface area contributed by atoms with Gasteiger partial charge in [-0.1, -0.05) is 6.92 Å². The lowest BCUT2D eigenvalue weighted by molar-refractivity contribution is 0.0669. The minimum atomic E-state index is -0.0897. The zero-order chi connectivity index (χ0) is 14.6. The van der Waals surface area contributed by atoms with Crippen molar-refractivity contribution in [3.63, 3.8) is 0 Å². The number of hydrogen-bond donors (Lipinski definition) is 2. The van der Waals surface area contributed by atoms with Crippen LogP contribution in [0.25, 0.3) is 0 Å². The van der Waals surface area contributed by atoms with Gasteiger partial charge in [0.25, 0.3) is 0 Å². The second-order valence-electron chi connectivity index (χ2n) is 6.09. The monoisotopic (exact) mass is 280 g/mol. The van der Waals surface area contributed by atoms with E-state index in [1.807, 2.05) is 19.4 Å². The van der Waals surface area contributed by atoms with Crippen molar-refractivity contribution >= 4 is 0 Å². The summed E-state index contributed by atoms with van der Waals surface area (Å²) in [5.74, 6) is 1.09. The lowest BCUT2D eigenvalue weighted by atomic mass is 9.79. The van der Waals surface area contributed by atoms with Gasteiger partial charge in [0.1, 0.15) is 5.82 Å². The van der Waals surface area contributed by atoms with Crippen LogP contribution < -0.4 is 5.32 Å². The number of nitrogens with zero attached hydrogens (tertiary/aromatic N) is 3. The van der Waals surface area contributed by atoms with Crippen LogP contribution in [0, 0.1) is 0 Å². The highest BCUT2D eigenvalue weighted by Gasteiger charge is 2.36. The first-order valence-electron chi connectivity index (χ1n) is 7.62. The quantitative estimate of drug-likeness (QED) is 0.820. The van der Waals surface area contributed by atoms with E-state index in [0.717, 1.165) is 31.8 Å². The average Bonchev–Trinajstić information content (AvgIpc) is 2.85. The summed E-state index contributed by atoms with van der Waals surface area (Å²) in [6.45, 7) is 4.12. The van der Waals surface area contributed by atoms with Crippen LogP contribution in [-0.2, 0) is 13.6 Å².